The van der Waals surface area contributed by atoms with Crippen LogP contribution in [0.3, 0.4) is 0 Å². The highest BCUT2D eigenvalue weighted by Gasteiger charge is 2.52. The molecule has 0 aromatic carbocycles. The van der Waals surface area contributed by atoms with Gasteiger partial charge in [-0.25, -0.2) is 28.2 Å². The van der Waals surface area contributed by atoms with E-state index in [1.54, 1.807) is 0 Å². The molecule has 31 heavy (non-hydrogen) atoms. The number of amides is 2. The summed E-state index contributed by atoms with van der Waals surface area (Å²) in [6.45, 7) is -0.573. The Bertz CT molecular complexity index is 969. The number of primary amides is 1. The van der Waals surface area contributed by atoms with E-state index in [0.29, 0.717) is 17.0 Å². The van der Waals surface area contributed by atoms with Crippen LogP contribution in [0.5, 0.6) is 0 Å². The number of aromatic nitrogens is 4. The van der Waals surface area contributed by atoms with Gasteiger partial charge in [-0.15, -0.1) is 0 Å². The van der Waals surface area contributed by atoms with Crippen molar-refractivity contribution in [1.29, 1.82) is 0 Å². The van der Waals surface area contributed by atoms with Crippen LogP contribution in [-0.4, -0.2) is 68.6 Å². The van der Waals surface area contributed by atoms with E-state index in [2.05, 4.69) is 19.9 Å². The van der Waals surface area contributed by atoms with E-state index in [0.717, 1.165) is 11.3 Å². The van der Waals surface area contributed by atoms with E-state index in [1.165, 1.54) is 24.7 Å². The summed E-state index contributed by atoms with van der Waals surface area (Å²) in [5.74, 6) is -4.28. The first kappa shape index (κ1) is 20.9. The number of halogens is 3. The van der Waals surface area contributed by atoms with Crippen LogP contribution in [0.2, 0.25) is 0 Å². The maximum Gasteiger partial charge on any atom is 0.267 e. The molecule has 10 nitrogen and oxygen atoms in total. The van der Waals surface area contributed by atoms with Crippen molar-refractivity contribution in [3.8, 4) is 0 Å². The molecule has 0 bridgehead atoms. The zero-order valence-corrected chi connectivity index (χ0v) is 16.0. The Hall–Kier alpha value is -3.35. The lowest BCUT2D eigenvalue weighted by Gasteiger charge is -2.40. The number of nitrogens with zero attached hydrogens (tertiary/aromatic N) is 6. The van der Waals surface area contributed by atoms with Crippen molar-refractivity contribution in [2.75, 3.05) is 18.1 Å². The average Bonchev–Trinajstić information content (AvgIpc) is 3.27. The second-order valence-corrected chi connectivity index (χ2v) is 7.05. The molecule has 4 unspecified atom stereocenters. The third kappa shape index (κ3) is 3.87. The van der Waals surface area contributed by atoms with Crippen LogP contribution in [0, 0.1) is 5.92 Å². The quantitative estimate of drug-likeness (QED) is 0.692. The molecule has 2 saturated heterocycles. The lowest BCUT2D eigenvalue weighted by molar-refractivity contribution is -0.189. The molecule has 13 heteroatoms. The molecule has 0 radical (unpaired) electrons. The van der Waals surface area contributed by atoms with E-state index < -0.39 is 54.9 Å². The second-order valence-electron chi connectivity index (χ2n) is 7.05. The van der Waals surface area contributed by atoms with E-state index in [1.807, 2.05) is 0 Å². The van der Waals surface area contributed by atoms with Crippen molar-refractivity contribution in [2.24, 2.45) is 11.7 Å². The van der Waals surface area contributed by atoms with Gasteiger partial charge in [0.2, 0.25) is 12.2 Å². The minimum Gasteiger partial charge on any atom is -0.364 e. The molecule has 2 aromatic heterocycles. The molecule has 2 amide bonds. The minimum absolute atomic E-state index is 0.131. The third-order valence-electron chi connectivity index (χ3n) is 5.15. The Balaban J connectivity index is 1.55. The normalized spacial score (nSPS) is 28.5. The highest BCUT2D eigenvalue weighted by molar-refractivity contribution is 5.90. The van der Waals surface area contributed by atoms with Crippen molar-refractivity contribution in [2.45, 2.75) is 31.1 Å². The lowest BCUT2D eigenvalue weighted by Crippen LogP contribution is -2.59. The Kier molecular flexibility index (Phi) is 5.67. The molecule has 4 heterocycles. The Morgan fingerprint density at radius 3 is 2.68 bits per heavy atom. The molecule has 2 aliphatic heterocycles. The molecule has 2 N–H and O–H groups in total. The fraction of sp³-hybridized carbons (Fsp3) is 0.444. The SMILES string of the molecule is NC(=O)c1ccnc(N2CC(F)C(C(=O)N3OCC[C@H]3c3cnccn3)C(F)C2F)n1. The number of anilines is 1. The van der Waals surface area contributed by atoms with Gasteiger partial charge in [-0.3, -0.25) is 24.4 Å². The lowest BCUT2D eigenvalue weighted by atomic mass is 9.90. The molecular formula is C18H18F3N7O3. The molecule has 2 aliphatic rings. The van der Waals surface area contributed by atoms with Crippen molar-refractivity contribution in [1.82, 2.24) is 25.0 Å². The predicted molar refractivity (Wildman–Crippen MR) is 98.3 cm³/mol. The van der Waals surface area contributed by atoms with Crippen molar-refractivity contribution < 1.29 is 27.6 Å². The van der Waals surface area contributed by atoms with Crippen LogP contribution in [0.1, 0.15) is 28.6 Å². The largest absolute Gasteiger partial charge is 0.364 e. The zero-order valence-electron chi connectivity index (χ0n) is 16.0. The molecule has 2 aromatic rings. The Morgan fingerprint density at radius 2 is 1.97 bits per heavy atom. The van der Waals surface area contributed by atoms with Crippen molar-refractivity contribution >= 4 is 17.8 Å². The number of nitrogens with two attached hydrogens (primary N) is 1. The number of carbonyl (C=O) groups is 2. The molecule has 0 spiro atoms. The van der Waals surface area contributed by atoms with Gasteiger partial charge in [0, 0.05) is 25.0 Å². The van der Waals surface area contributed by atoms with E-state index in [4.69, 9.17) is 10.6 Å². The summed E-state index contributed by atoms with van der Waals surface area (Å²) in [5, 5.41) is 0.848. The smallest absolute Gasteiger partial charge is 0.267 e. The van der Waals surface area contributed by atoms with Crippen LogP contribution in [0.25, 0.3) is 0 Å². The van der Waals surface area contributed by atoms with Gasteiger partial charge in [0.1, 0.15) is 23.8 Å². The van der Waals surface area contributed by atoms with Gasteiger partial charge in [-0.05, 0) is 6.07 Å². The number of hydrogen-bond acceptors (Lipinski definition) is 8. The van der Waals surface area contributed by atoms with Crippen molar-refractivity contribution in [3.05, 3.63) is 42.2 Å². The van der Waals surface area contributed by atoms with Gasteiger partial charge in [0.25, 0.3) is 11.8 Å². The van der Waals surface area contributed by atoms with Gasteiger partial charge in [-0.2, -0.15) is 0 Å². The fourth-order valence-electron chi connectivity index (χ4n) is 3.64. The maximum absolute atomic E-state index is 15.0. The van der Waals surface area contributed by atoms with Gasteiger partial charge < -0.3 is 10.6 Å². The molecule has 5 atom stereocenters. The molecule has 0 aliphatic carbocycles. The van der Waals surface area contributed by atoms with Crippen LogP contribution in [-0.2, 0) is 9.63 Å². The highest BCUT2D eigenvalue weighted by atomic mass is 19.2. The van der Waals surface area contributed by atoms with Crippen LogP contribution >= 0.6 is 0 Å². The first-order valence-corrected chi connectivity index (χ1v) is 9.42. The topological polar surface area (TPSA) is 127 Å². The predicted octanol–water partition coefficient (Wildman–Crippen LogP) is 0.679. The van der Waals surface area contributed by atoms with Gasteiger partial charge in [-0.1, -0.05) is 0 Å². The second kappa shape index (κ2) is 8.41. The number of hydrogen-bond donors (Lipinski definition) is 1. The minimum atomic E-state index is -2.54. The summed E-state index contributed by atoms with van der Waals surface area (Å²) in [6.07, 6.45) is -1.31. The van der Waals surface area contributed by atoms with E-state index in [9.17, 15) is 22.8 Å². The third-order valence-corrected chi connectivity index (χ3v) is 5.15. The first-order chi connectivity index (χ1) is 14.9. The molecular weight excluding hydrogens is 419 g/mol. The van der Waals surface area contributed by atoms with E-state index >= 15 is 0 Å². The zero-order chi connectivity index (χ0) is 22.1. The summed E-state index contributed by atoms with van der Waals surface area (Å²) in [5.41, 5.74) is 5.29. The summed E-state index contributed by atoms with van der Waals surface area (Å²) in [7, 11) is 0. The highest BCUT2D eigenvalue weighted by Crippen LogP contribution is 2.37. The molecule has 164 valence electrons. The van der Waals surface area contributed by atoms with Gasteiger partial charge >= 0.3 is 0 Å². The molecule has 2 fully saturated rings. The maximum atomic E-state index is 15.0. The number of rotatable bonds is 4. The molecule has 0 saturated carbocycles. The van der Waals surface area contributed by atoms with Crippen LogP contribution < -0.4 is 10.6 Å². The summed E-state index contributed by atoms with van der Waals surface area (Å²) in [6, 6.07) is 0.499. The number of alkyl halides is 3. The first-order valence-electron chi connectivity index (χ1n) is 9.42. The van der Waals surface area contributed by atoms with Crippen LogP contribution in [0.4, 0.5) is 19.1 Å². The summed E-state index contributed by atoms with van der Waals surface area (Å²) < 4.78 is 44.9. The summed E-state index contributed by atoms with van der Waals surface area (Å²) >= 11 is 0. The standard InChI is InChI=1S/C18H18F3N7O3/c19-9-8-27(18-25-3-1-10(26-18)16(22)29)15(21)14(20)13(9)17(30)28-12(2-6-31-28)11-7-23-4-5-24-11/h1,3-5,7,9,12-15H,2,6,8H2,(H2,22,29)/t9?,12-,13?,14?,15?/m0/s1. The van der Waals surface area contributed by atoms with Crippen LogP contribution in [0.15, 0.2) is 30.9 Å². The fourth-order valence-corrected chi connectivity index (χ4v) is 3.64. The van der Waals surface area contributed by atoms with Crippen molar-refractivity contribution in [3.63, 3.8) is 0 Å². The van der Waals surface area contributed by atoms with Gasteiger partial charge in [0.05, 0.1) is 25.0 Å². The number of hydroxylamine groups is 2. The Morgan fingerprint density at radius 1 is 1.16 bits per heavy atom. The average molecular weight is 437 g/mol. The van der Waals surface area contributed by atoms with Gasteiger partial charge in [0.15, 0.2) is 6.17 Å². The monoisotopic (exact) mass is 437 g/mol. The van der Waals surface area contributed by atoms with E-state index in [-0.39, 0.29) is 12.3 Å². The number of piperidine rings is 1. The molecule has 4 rings (SSSR count). The Labute approximate surface area is 174 Å². The summed E-state index contributed by atoms with van der Waals surface area (Å²) in [4.78, 5) is 45.7. The number of carbonyl (C=O) groups excluding carboxylic acids is 2.